The maximum atomic E-state index is 6.07. The number of rotatable bonds is 6. The fourth-order valence-electron chi connectivity index (χ4n) is 2.79. The van der Waals surface area contributed by atoms with Crippen molar-refractivity contribution in [2.45, 2.75) is 71.6 Å². The number of aromatic nitrogens is 2. The first-order valence-electron chi connectivity index (χ1n) is 7.51. The Balaban J connectivity index is 1.98. The lowest BCUT2D eigenvalue weighted by Crippen LogP contribution is -2.22. The zero-order valence-corrected chi connectivity index (χ0v) is 12.5. The van der Waals surface area contributed by atoms with E-state index < -0.39 is 0 Å². The Hall–Kier alpha value is -0.870. The van der Waals surface area contributed by atoms with Gasteiger partial charge in [-0.05, 0) is 51.5 Å². The molecule has 1 fully saturated rings. The van der Waals surface area contributed by atoms with Gasteiger partial charge in [0.05, 0.1) is 11.8 Å². The fraction of sp³-hybridized carbons (Fsp3) is 0.800. The van der Waals surface area contributed by atoms with Crippen LogP contribution in [-0.2, 0) is 17.7 Å². The summed E-state index contributed by atoms with van der Waals surface area (Å²) in [5.41, 5.74) is 9.81. The van der Waals surface area contributed by atoms with E-state index in [1.54, 1.807) is 0 Å². The molecule has 1 aromatic heterocycles. The summed E-state index contributed by atoms with van der Waals surface area (Å²) in [6, 6.07) is 0.244. The second-order valence-corrected chi connectivity index (χ2v) is 5.67. The van der Waals surface area contributed by atoms with E-state index in [-0.39, 0.29) is 6.04 Å². The summed E-state index contributed by atoms with van der Waals surface area (Å²) in [5, 5.41) is 4.66. The molecule has 1 aliphatic rings. The highest BCUT2D eigenvalue weighted by Crippen LogP contribution is 2.19. The average Bonchev–Trinajstić information content (AvgIpc) is 2.99. The van der Waals surface area contributed by atoms with Crippen molar-refractivity contribution in [3.05, 3.63) is 17.0 Å². The standard InChI is InChI=1S/C15H27N3O/c1-4-13(16)10-15-11(2)17-18(12(15)3)8-7-14-6-5-9-19-14/h13-14H,4-10,16H2,1-3H3. The van der Waals surface area contributed by atoms with Gasteiger partial charge in [-0.3, -0.25) is 4.68 Å². The van der Waals surface area contributed by atoms with Crippen molar-refractivity contribution in [2.75, 3.05) is 6.61 Å². The molecule has 19 heavy (non-hydrogen) atoms. The topological polar surface area (TPSA) is 53.1 Å². The van der Waals surface area contributed by atoms with Gasteiger partial charge in [0.25, 0.3) is 0 Å². The first-order chi connectivity index (χ1) is 9.11. The maximum Gasteiger partial charge on any atom is 0.0629 e. The smallest absolute Gasteiger partial charge is 0.0629 e. The molecule has 1 aromatic rings. The minimum absolute atomic E-state index is 0.244. The van der Waals surface area contributed by atoms with Crippen LogP contribution in [0, 0.1) is 13.8 Å². The number of hydrogen-bond acceptors (Lipinski definition) is 3. The van der Waals surface area contributed by atoms with Crippen molar-refractivity contribution in [1.29, 1.82) is 0 Å². The van der Waals surface area contributed by atoms with Gasteiger partial charge >= 0.3 is 0 Å². The Morgan fingerprint density at radius 3 is 2.89 bits per heavy atom. The van der Waals surface area contributed by atoms with Gasteiger partial charge in [-0.2, -0.15) is 5.10 Å². The molecular formula is C15H27N3O. The summed E-state index contributed by atoms with van der Waals surface area (Å²) >= 11 is 0. The van der Waals surface area contributed by atoms with E-state index in [0.717, 1.165) is 38.1 Å². The molecule has 1 aliphatic heterocycles. The number of nitrogens with two attached hydrogens (primary N) is 1. The molecule has 2 unspecified atom stereocenters. The lowest BCUT2D eigenvalue weighted by Gasteiger charge is -2.11. The number of nitrogens with zero attached hydrogens (tertiary/aromatic N) is 2. The minimum Gasteiger partial charge on any atom is -0.378 e. The van der Waals surface area contributed by atoms with Gasteiger partial charge in [-0.15, -0.1) is 0 Å². The van der Waals surface area contributed by atoms with Crippen LogP contribution in [0.25, 0.3) is 0 Å². The molecule has 0 aliphatic carbocycles. The minimum atomic E-state index is 0.244. The van der Waals surface area contributed by atoms with Gasteiger partial charge in [0.1, 0.15) is 0 Å². The Morgan fingerprint density at radius 1 is 1.47 bits per heavy atom. The van der Waals surface area contributed by atoms with E-state index in [2.05, 4.69) is 30.6 Å². The van der Waals surface area contributed by atoms with Gasteiger partial charge in [-0.1, -0.05) is 6.92 Å². The fourth-order valence-corrected chi connectivity index (χ4v) is 2.79. The molecule has 0 bridgehead atoms. The molecule has 2 heterocycles. The van der Waals surface area contributed by atoms with Gasteiger partial charge in [-0.25, -0.2) is 0 Å². The Kier molecular flexibility index (Phi) is 4.99. The van der Waals surface area contributed by atoms with E-state index in [0.29, 0.717) is 6.10 Å². The van der Waals surface area contributed by atoms with E-state index in [9.17, 15) is 0 Å². The molecule has 0 spiro atoms. The van der Waals surface area contributed by atoms with Crippen LogP contribution in [0.5, 0.6) is 0 Å². The van der Waals surface area contributed by atoms with Crippen LogP contribution in [0.15, 0.2) is 0 Å². The second kappa shape index (κ2) is 6.53. The largest absolute Gasteiger partial charge is 0.378 e. The highest BCUT2D eigenvalue weighted by Gasteiger charge is 2.18. The molecule has 108 valence electrons. The first kappa shape index (κ1) is 14.5. The Bertz CT molecular complexity index is 408. The van der Waals surface area contributed by atoms with Crippen LogP contribution < -0.4 is 5.73 Å². The SMILES string of the molecule is CCC(N)Cc1c(C)nn(CCC2CCCO2)c1C. The van der Waals surface area contributed by atoms with Crippen LogP contribution >= 0.6 is 0 Å². The summed E-state index contributed by atoms with van der Waals surface area (Å²) in [4.78, 5) is 0. The summed E-state index contributed by atoms with van der Waals surface area (Å²) in [6.07, 6.45) is 5.87. The third kappa shape index (κ3) is 3.57. The number of aryl methyl sites for hydroxylation is 2. The van der Waals surface area contributed by atoms with Crippen molar-refractivity contribution in [3.63, 3.8) is 0 Å². The molecule has 2 atom stereocenters. The molecule has 0 saturated carbocycles. The molecule has 4 heteroatoms. The number of ether oxygens (including phenoxy) is 1. The van der Waals surface area contributed by atoms with Crippen LogP contribution in [0.1, 0.15) is 49.6 Å². The lowest BCUT2D eigenvalue weighted by molar-refractivity contribution is 0.0992. The van der Waals surface area contributed by atoms with Crippen molar-refractivity contribution >= 4 is 0 Å². The third-order valence-corrected chi connectivity index (χ3v) is 4.21. The van der Waals surface area contributed by atoms with E-state index >= 15 is 0 Å². The van der Waals surface area contributed by atoms with Crippen LogP contribution in [0.3, 0.4) is 0 Å². The van der Waals surface area contributed by atoms with Crippen molar-refractivity contribution in [3.8, 4) is 0 Å². The first-order valence-corrected chi connectivity index (χ1v) is 7.51. The summed E-state index contributed by atoms with van der Waals surface area (Å²) in [5.74, 6) is 0. The van der Waals surface area contributed by atoms with Crippen molar-refractivity contribution in [1.82, 2.24) is 9.78 Å². The molecule has 2 rings (SSSR count). The van der Waals surface area contributed by atoms with Gasteiger partial charge in [0.2, 0.25) is 0 Å². The van der Waals surface area contributed by atoms with Gasteiger partial charge < -0.3 is 10.5 Å². The highest BCUT2D eigenvalue weighted by molar-refractivity contribution is 5.25. The third-order valence-electron chi connectivity index (χ3n) is 4.21. The lowest BCUT2D eigenvalue weighted by atomic mass is 10.0. The molecule has 0 aromatic carbocycles. The zero-order chi connectivity index (χ0) is 13.8. The van der Waals surface area contributed by atoms with Crippen LogP contribution in [0.2, 0.25) is 0 Å². The van der Waals surface area contributed by atoms with E-state index in [4.69, 9.17) is 10.5 Å². The Labute approximate surface area is 116 Å². The summed E-state index contributed by atoms with van der Waals surface area (Å²) in [6.45, 7) is 8.27. The molecule has 0 amide bonds. The number of hydrogen-bond donors (Lipinski definition) is 1. The molecule has 1 saturated heterocycles. The van der Waals surface area contributed by atoms with Gasteiger partial charge in [0.15, 0.2) is 0 Å². The Morgan fingerprint density at radius 2 is 2.26 bits per heavy atom. The van der Waals surface area contributed by atoms with E-state index in [1.165, 1.54) is 24.1 Å². The predicted octanol–water partition coefficient (Wildman–Crippen LogP) is 2.35. The van der Waals surface area contributed by atoms with Gasteiger partial charge in [0, 0.05) is 24.9 Å². The molecule has 4 nitrogen and oxygen atoms in total. The zero-order valence-electron chi connectivity index (χ0n) is 12.5. The molecular weight excluding hydrogens is 238 g/mol. The van der Waals surface area contributed by atoms with Crippen LogP contribution in [0.4, 0.5) is 0 Å². The van der Waals surface area contributed by atoms with Crippen LogP contribution in [-0.4, -0.2) is 28.5 Å². The highest BCUT2D eigenvalue weighted by atomic mass is 16.5. The molecule has 2 N–H and O–H groups in total. The monoisotopic (exact) mass is 265 g/mol. The quantitative estimate of drug-likeness (QED) is 0.859. The predicted molar refractivity (Wildman–Crippen MR) is 77.3 cm³/mol. The summed E-state index contributed by atoms with van der Waals surface area (Å²) in [7, 11) is 0. The maximum absolute atomic E-state index is 6.07. The van der Waals surface area contributed by atoms with Crippen molar-refractivity contribution in [2.24, 2.45) is 5.73 Å². The average molecular weight is 265 g/mol. The second-order valence-electron chi connectivity index (χ2n) is 5.67. The molecule has 0 radical (unpaired) electrons. The summed E-state index contributed by atoms with van der Waals surface area (Å²) < 4.78 is 7.81. The van der Waals surface area contributed by atoms with E-state index in [1.807, 2.05) is 0 Å². The normalized spacial score (nSPS) is 20.9. The van der Waals surface area contributed by atoms with Crippen molar-refractivity contribution < 1.29 is 4.74 Å².